The van der Waals surface area contributed by atoms with Crippen molar-refractivity contribution in [1.82, 2.24) is 4.83 Å². The van der Waals surface area contributed by atoms with E-state index in [9.17, 15) is 8.42 Å². The molecule has 0 saturated carbocycles. The van der Waals surface area contributed by atoms with E-state index >= 15 is 0 Å². The summed E-state index contributed by atoms with van der Waals surface area (Å²) in [4.78, 5) is 2.01. The van der Waals surface area contributed by atoms with E-state index in [-0.39, 0.29) is 4.90 Å². The van der Waals surface area contributed by atoms with E-state index < -0.39 is 10.0 Å². The van der Waals surface area contributed by atoms with Crippen molar-refractivity contribution in [3.05, 3.63) is 36.4 Å². The molecule has 2 aromatic rings. The molecule has 0 saturated heterocycles. The van der Waals surface area contributed by atoms with Gasteiger partial charge in [0.15, 0.2) is 0 Å². The molecule has 6 heteroatoms. The Labute approximate surface area is 99.6 Å². The standard InChI is InChI=1S/C11H13N3O2S/c1-13-10-6-2-5-9-8(10)4-3-7-11(9)17(15,16)14-12/h2-7,13-14H,12H2,1H3. The number of nitrogens with two attached hydrogens (primary N) is 1. The van der Waals surface area contributed by atoms with Crippen LogP contribution in [0.2, 0.25) is 0 Å². The molecular weight excluding hydrogens is 238 g/mol. The van der Waals surface area contributed by atoms with E-state index in [0.29, 0.717) is 5.39 Å². The first-order valence-corrected chi connectivity index (χ1v) is 6.50. The lowest BCUT2D eigenvalue weighted by Crippen LogP contribution is -2.30. The quantitative estimate of drug-likeness (QED) is 0.562. The van der Waals surface area contributed by atoms with Gasteiger partial charge in [-0.3, -0.25) is 5.84 Å². The number of fused-ring (bicyclic) bond motifs is 1. The molecule has 0 amide bonds. The molecule has 17 heavy (non-hydrogen) atoms. The average molecular weight is 251 g/mol. The van der Waals surface area contributed by atoms with Crippen molar-refractivity contribution in [3.8, 4) is 0 Å². The summed E-state index contributed by atoms with van der Waals surface area (Å²) in [5.74, 6) is 5.05. The Morgan fingerprint density at radius 3 is 2.35 bits per heavy atom. The van der Waals surface area contributed by atoms with Gasteiger partial charge in [-0.1, -0.05) is 24.3 Å². The van der Waals surface area contributed by atoms with Crippen molar-refractivity contribution in [2.24, 2.45) is 5.84 Å². The van der Waals surface area contributed by atoms with Crippen molar-refractivity contribution < 1.29 is 8.42 Å². The van der Waals surface area contributed by atoms with Crippen LogP contribution in [0.4, 0.5) is 5.69 Å². The zero-order valence-electron chi connectivity index (χ0n) is 9.27. The molecule has 5 nitrogen and oxygen atoms in total. The minimum Gasteiger partial charge on any atom is -0.388 e. The Kier molecular flexibility index (Phi) is 3.01. The summed E-state index contributed by atoms with van der Waals surface area (Å²) in [6.45, 7) is 0. The number of nitrogens with one attached hydrogen (secondary N) is 2. The maximum atomic E-state index is 11.8. The molecule has 0 spiro atoms. The van der Waals surface area contributed by atoms with Gasteiger partial charge in [0.1, 0.15) is 0 Å². The summed E-state index contributed by atoms with van der Waals surface area (Å²) >= 11 is 0. The molecule has 2 aromatic carbocycles. The molecule has 0 aliphatic rings. The Morgan fingerprint density at radius 2 is 1.71 bits per heavy atom. The van der Waals surface area contributed by atoms with E-state index in [2.05, 4.69) is 5.32 Å². The van der Waals surface area contributed by atoms with Crippen LogP contribution in [-0.2, 0) is 10.0 Å². The van der Waals surface area contributed by atoms with Gasteiger partial charge in [-0.05, 0) is 12.1 Å². The first-order valence-electron chi connectivity index (χ1n) is 5.02. The van der Waals surface area contributed by atoms with Crippen LogP contribution in [0.25, 0.3) is 10.8 Å². The maximum absolute atomic E-state index is 11.8. The molecule has 0 aliphatic carbocycles. The lowest BCUT2D eigenvalue weighted by Gasteiger charge is -2.09. The number of benzene rings is 2. The second-order valence-corrected chi connectivity index (χ2v) is 5.21. The molecular formula is C11H13N3O2S. The number of hydrazine groups is 1. The first kappa shape index (κ1) is 11.8. The predicted octanol–water partition coefficient (Wildman–Crippen LogP) is 1.03. The monoisotopic (exact) mass is 251 g/mol. The SMILES string of the molecule is CNc1cccc2c(S(=O)(=O)NN)cccc12. The van der Waals surface area contributed by atoms with Crippen LogP contribution >= 0.6 is 0 Å². The minimum absolute atomic E-state index is 0.176. The fraction of sp³-hybridized carbons (Fsp3) is 0.0909. The van der Waals surface area contributed by atoms with Crippen LogP contribution in [-0.4, -0.2) is 15.5 Å². The van der Waals surface area contributed by atoms with Gasteiger partial charge in [0, 0.05) is 23.5 Å². The molecule has 0 radical (unpaired) electrons. The molecule has 0 aliphatic heterocycles. The highest BCUT2D eigenvalue weighted by Crippen LogP contribution is 2.28. The summed E-state index contributed by atoms with van der Waals surface area (Å²) in [7, 11) is -1.86. The third kappa shape index (κ3) is 1.97. The number of rotatable bonds is 3. The van der Waals surface area contributed by atoms with Crippen LogP contribution in [0, 0.1) is 0 Å². The fourth-order valence-corrected chi connectivity index (χ4v) is 2.65. The van der Waals surface area contributed by atoms with E-state index in [0.717, 1.165) is 11.1 Å². The highest BCUT2D eigenvalue weighted by molar-refractivity contribution is 7.89. The lowest BCUT2D eigenvalue weighted by atomic mass is 10.1. The van der Waals surface area contributed by atoms with E-state index in [1.54, 1.807) is 25.2 Å². The lowest BCUT2D eigenvalue weighted by molar-refractivity contribution is 0.585. The number of hydrogen-bond acceptors (Lipinski definition) is 4. The van der Waals surface area contributed by atoms with Crippen molar-refractivity contribution in [2.75, 3.05) is 12.4 Å². The normalized spacial score (nSPS) is 11.6. The topological polar surface area (TPSA) is 84.2 Å². The highest BCUT2D eigenvalue weighted by atomic mass is 32.2. The van der Waals surface area contributed by atoms with Crippen molar-refractivity contribution in [2.45, 2.75) is 4.90 Å². The Morgan fingerprint density at radius 1 is 1.06 bits per heavy atom. The Hall–Kier alpha value is -1.63. The van der Waals surface area contributed by atoms with Crippen LogP contribution in [0.15, 0.2) is 41.3 Å². The molecule has 0 heterocycles. The van der Waals surface area contributed by atoms with Gasteiger partial charge in [-0.25, -0.2) is 8.42 Å². The Bertz CT molecular complexity index is 653. The molecule has 0 atom stereocenters. The van der Waals surface area contributed by atoms with Crippen LogP contribution in [0.1, 0.15) is 0 Å². The van der Waals surface area contributed by atoms with E-state index in [1.165, 1.54) is 6.07 Å². The Balaban J connectivity index is 2.84. The van der Waals surface area contributed by atoms with Crippen molar-refractivity contribution in [3.63, 3.8) is 0 Å². The molecule has 0 bridgehead atoms. The van der Waals surface area contributed by atoms with Crippen molar-refractivity contribution in [1.29, 1.82) is 0 Å². The van der Waals surface area contributed by atoms with Crippen LogP contribution < -0.4 is 16.0 Å². The van der Waals surface area contributed by atoms with Gasteiger partial charge < -0.3 is 5.32 Å². The zero-order valence-corrected chi connectivity index (χ0v) is 10.1. The number of anilines is 1. The molecule has 0 unspecified atom stereocenters. The summed E-state index contributed by atoms with van der Waals surface area (Å²) in [6, 6.07) is 10.5. The average Bonchev–Trinajstić information content (AvgIpc) is 2.37. The van der Waals surface area contributed by atoms with Gasteiger partial charge in [-0.15, -0.1) is 0 Å². The summed E-state index contributed by atoms with van der Waals surface area (Å²) in [6.07, 6.45) is 0. The van der Waals surface area contributed by atoms with Crippen LogP contribution in [0.3, 0.4) is 0 Å². The number of hydrogen-bond donors (Lipinski definition) is 3. The predicted molar refractivity (Wildman–Crippen MR) is 68.0 cm³/mol. The molecule has 0 aromatic heterocycles. The van der Waals surface area contributed by atoms with Crippen LogP contribution in [0.5, 0.6) is 0 Å². The van der Waals surface area contributed by atoms with Gasteiger partial charge in [-0.2, -0.15) is 4.83 Å². The first-order chi connectivity index (χ1) is 8.10. The van der Waals surface area contributed by atoms with Gasteiger partial charge in [0.25, 0.3) is 10.0 Å². The fourth-order valence-electron chi connectivity index (χ4n) is 1.80. The molecule has 90 valence electrons. The van der Waals surface area contributed by atoms with Gasteiger partial charge >= 0.3 is 0 Å². The maximum Gasteiger partial charge on any atom is 0.253 e. The largest absolute Gasteiger partial charge is 0.388 e. The smallest absolute Gasteiger partial charge is 0.253 e. The summed E-state index contributed by atoms with van der Waals surface area (Å²) in [5.41, 5.74) is 0.872. The second kappa shape index (κ2) is 4.33. The molecule has 2 rings (SSSR count). The highest BCUT2D eigenvalue weighted by Gasteiger charge is 2.15. The van der Waals surface area contributed by atoms with E-state index in [1.807, 2.05) is 17.0 Å². The summed E-state index contributed by atoms with van der Waals surface area (Å²) < 4.78 is 23.5. The van der Waals surface area contributed by atoms with Gasteiger partial charge in [0.2, 0.25) is 0 Å². The zero-order chi connectivity index (χ0) is 12.5. The third-order valence-corrected chi connectivity index (χ3v) is 3.84. The van der Waals surface area contributed by atoms with Gasteiger partial charge in [0.05, 0.1) is 4.90 Å². The second-order valence-electron chi connectivity index (χ2n) is 3.53. The minimum atomic E-state index is -3.65. The summed E-state index contributed by atoms with van der Waals surface area (Å²) in [5, 5.41) is 4.50. The van der Waals surface area contributed by atoms with E-state index in [4.69, 9.17) is 5.84 Å². The van der Waals surface area contributed by atoms with Crippen molar-refractivity contribution >= 4 is 26.5 Å². The number of sulfonamides is 1. The molecule has 4 N–H and O–H groups in total. The molecule has 0 fully saturated rings. The third-order valence-electron chi connectivity index (χ3n) is 2.60.